The Labute approximate surface area is 142 Å². The highest BCUT2D eigenvalue weighted by molar-refractivity contribution is 5.76. The molecule has 1 N–H and O–H groups in total. The summed E-state index contributed by atoms with van der Waals surface area (Å²) in [6.07, 6.45) is 6.03. The fourth-order valence-corrected chi connectivity index (χ4v) is 3.25. The Hall–Kier alpha value is -1.66. The molecule has 0 bridgehead atoms. The molecule has 6 nitrogen and oxygen atoms in total. The molecule has 2 heterocycles. The number of hydrogen-bond donors (Lipinski definition) is 1. The average molecular weight is 334 g/mol. The fourth-order valence-electron chi connectivity index (χ4n) is 3.25. The number of amides is 1. The Balaban J connectivity index is 1.38. The van der Waals surface area contributed by atoms with Crippen molar-refractivity contribution >= 4 is 5.91 Å². The van der Waals surface area contributed by atoms with Crippen LogP contribution in [0.1, 0.15) is 37.8 Å². The summed E-state index contributed by atoms with van der Waals surface area (Å²) in [4.78, 5) is 16.4. The van der Waals surface area contributed by atoms with E-state index in [-0.39, 0.29) is 24.2 Å². The molecule has 0 radical (unpaired) electrons. The lowest BCUT2D eigenvalue weighted by atomic mass is 9.92. The van der Waals surface area contributed by atoms with E-state index < -0.39 is 0 Å². The summed E-state index contributed by atoms with van der Waals surface area (Å²) in [6, 6.07) is 4.09. The van der Waals surface area contributed by atoms with E-state index in [0.29, 0.717) is 26.2 Å². The molecule has 0 aromatic carbocycles. The maximum atomic E-state index is 12.1. The minimum Gasteiger partial charge on any atom is -0.489 e. The van der Waals surface area contributed by atoms with Crippen molar-refractivity contribution in [2.45, 2.75) is 57.3 Å². The van der Waals surface area contributed by atoms with Gasteiger partial charge in [-0.15, -0.1) is 0 Å². The summed E-state index contributed by atoms with van der Waals surface area (Å²) < 4.78 is 16.9. The van der Waals surface area contributed by atoms with Crippen LogP contribution in [-0.2, 0) is 14.3 Å². The van der Waals surface area contributed by atoms with Gasteiger partial charge < -0.3 is 19.5 Å². The van der Waals surface area contributed by atoms with E-state index >= 15 is 0 Å². The van der Waals surface area contributed by atoms with Crippen molar-refractivity contribution in [2.24, 2.45) is 0 Å². The third-order valence-corrected chi connectivity index (χ3v) is 4.59. The van der Waals surface area contributed by atoms with Crippen LogP contribution in [0, 0.1) is 6.92 Å². The number of pyridine rings is 1. The van der Waals surface area contributed by atoms with Crippen LogP contribution in [0.4, 0.5) is 0 Å². The summed E-state index contributed by atoms with van der Waals surface area (Å²) in [5.74, 6) is 0.914. The van der Waals surface area contributed by atoms with Crippen LogP contribution < -0.4 is 10.1 Å². The average Bonchev–Trinajstić information content (AvgIpc) is 2.59. The number of nitrogens with zero attached hydrogens (tertiary/aromatic N) is 1. The van der Waals surface area contributed by atoms with Crippen LogP contribution in [0.3, 0.4) is 0 Å². The van der Waals surface area contributed by atoms with Crippen molar-refractivity contribution in [1.82, 2.24) is 10.3 Å². The van der Waals surface area contributed by atoms with Crippen molar-refractivity contribution in [3.63, 3.8) is 0 Å². The SMILES string of the molecule is Cc1ncccc1OC1CCC(NC(=O)CC2COCCO2)CC1. The standard InChI is InChI=1S/C18H26N2O4/c1-13-17(3-2-8-19-13)24-15-6-4-14(5-7-15)20-18(21)11-16-12-22-9-10-23-16/h2-3,8,14-16H,4-7,9-12H2,1H3,(H,20,21). The molecule has 6 heteroatoms. The minimum atomic E-state index is -0.105. The molecule has 1 saturated carbocycles. The van der Waals surface area contributed by atoms with Crippen LogP contribution in [0.15, 0.2) is 18.3 Å². The first-order chi connectivity index (χ1) is 11.7. The number of aromatic nitrogens is 1. The fraction of sp³-hybridized carbons (Fsp3) is 0.667. The zero-order valence-corrected chi connectivity index (χ0v) is 14.2. The van der Waals surface area contributed by atoms with Crippen molar-refractivity contribution in [2.75, 3.05) is 19.8 Å². The number of aryl methyl sites for hydroxylation is 1. The molecular weight excluding hydrogens is 308 g/mol. The lowest BCUT2D eigenvalue weighted by molar-refractivity contribution is -0.132. The maximum Gasteiger partial charge on any atom is 0.222 e. The molecule has 1 aromatic heterocycles. The maximum absolute atomic E-state index is 12.1. The largest absolute Gasteiger partial charge is 0.489 e. The second kappa shape index (κ2) is 8.44. The zero-order valence-electron chi connectivity index (χ0n) is 14.2. The Morgan fingerprint density at radius 1 is 1.33 bits per heavy atom. The van der Waals surface area contributed by atoms with E-state index in [1.807, 2.05) is 19.1 Å². The van der Waals surface area contributed by atoms with Crippen molar-refractivity contribution < 1.29 is 19.0 Å². The third-order valence-electron chi connectivity index (χ3n) is 4.59. The van der Waals surface area contributed by atoms with Crippen LogP contribution in [-0.4, -0.2) is 49.0 Å². The Bertz CT molecular complexity index is 538. The molecule has 2 aliphatic rings. The predicted octanol–water partition coefficient (Wildman–Crippen LogP) is 2.00. The van der Waals surface area contributed by atoms with Gasteiger partial charge in [-0.25, -0.2) is 0 Å². The van der Waals surface area contributed by atoms with E-state index in [0.717, 1.165) is 37.1 Å². The van der Waals surface area contributed by atoms with E-state index in [2.05, 4.69) is 10.3 Å². The molecule has 1 amide bonds. The first-order valence-electron chi connectivity index (χ1n) is 8.77. The van der Waals surface area contributed by atoms with Crippen LogP contribution in [0.25, 0.3) is 0 Å². The van der Waals surface area contributed by atoms with Crippen LogP contribution in [0.2, 0.25) is 0 Å². The molecule has 1 aromatic rings. The van der Waals surface area contributed by atoms with Gasteiger partial charge in [0.2, 0.25) is 5.91 Å². The third kappa shape index (κ3) is 4.92. The van der Waals surface area contributed by atoms with E-state index in [1.165, 1.54) is 0 Å². The zero-order chi connectivity index (χ0) is 16.8. The van der Waals surface area contributed by atoms with Crippen molar-refractivity contribution in [1.29, 1.82) is 0 Å². The molecule has 1 unspecified atom stereocenters. The number of carbonyl (C=O) groups is 1. The molecule has 1 aliphatic carbocycles. The predicted molar refractivity (Wildman–Crippen MR) is 89.0 cm³/mol. The second-order valence-corrected chi connectivity index (χ2v) is 6.52. The van der Waals surface area contributed by atoms with Gasteiger partial charge in [-0.2, -0.15) is 0 Å². The highest BCUT2D eigenvalue weighted by Crippen LogP contribution is 2.25. The van der Waals surface area contributed by atoms with Gasteiger partial charge in [0.25, 0.3) is 0 Å². The smallest absolute Gasteiger partial charge is 0.222 e. The lowest BCUT2D eigenvalue weighted by Crippen LogP contribution is -2.42. The van der Waals surface area contributed by atoms with Gasteiger partial charge >= 0.3 is 0 Å². The first kappa shape index (κ1) is 17.2. The van der Waals surface area contributed by atoms with Crippen LogP contribution >= 0.6 is 0 Å². The summed E-state index contributed by atoms with van der Waals surface area (Å²) in [5, 5.41) is 3.12. The lowest BCUT2D eigenvalue weighted by Gasteiger charge is -2.30. The molecule has 1 saturated heterocycles. The molecule has 1 aliphatic heterocycles. The topological polar surface area (TPSA) is 69.7 Å². The van der Waals surface area contributed by atoms with Gasteiger partial charge in [-0.3, -0.25) is 9.78 Å². The molecule has 1 atom stereocenters. The highest BCUT2D eigenvalue weighted by atomic mass is 16.6. The van der Waals surface area contributed by atoms with Gasteiger partial charge in [0.15, 0.2) is 0 Å². The minimum absolute atomic E-state index is 0.0537. The summed E-state index contributed by atoms with van der Waals surface area (Å²) in [5.41, 5.74) is 0.919. The van der Waals surface area contributed by atoms with Crippen molar-refractivity contribution in [3.05, 3.63) is 24.0 Å². The normalized spacial score (nSPS) is 27.5. The van der Waals surface area contributed by atoms with Crippen molar-refractivity contribution in [3.8, 4) is 5.75 Å². The first-order valence-corrected chi connectivity index (χ1v) is 8.77. The van der Waals surface area contributed by atoms with Gasteiger partial charge in [0.1, 0.15) is 5.75 Å². The summed E-state index contributed by atoms with van der Waals surface area (Å²) in [6.45, 7) is 3.67. The number of nitrogens with one attached hydrogen (secondary N) is 1. The summed E-state index contributed by atoms with van der Waals surface area (Å²) >= 11 is 0. The molecule has 132 valence electrons. The molecule has 0 spiro atoms. The van der Waals surface area contributed by atoms with Gasteiger partial charge in [-0.05, 0) is 44.7 Å². The molecule has 24 heavy (non-hydrogen) atoms. The quantitative estimate of drug-likeness (QED) is 0.892. The van der Waals surface area contributed by atoms with E-state index in [4.69, 9.17) is 14.2 Å². The van der Waals surface area contributed by atoms with E-state index in [1.54, 1.807) is 6.20 Å². The van der Waals surface area contributed by atoms with Gasteiger partial charge in [0.05, 0.1) is 44.1 Å². The molecular formula is C18H26N2O4. The molecule has 3 rings (SSSR count). The number of ether oxygens (including phenoxy) is 3. The highest BCUT2D eigenvalue weighted by Gasteiger charge is 2.25. The number of carbonyl (C=O) groups excluding carboxylic acids is 1. The Morgan fingerprint density at radius 3 is 2.88 bits per heavy atom. The number of rotatable bonds is 5. The van der Waals surface area contributed by atoms with Gasteiger partial charge in [-0.1, -0.05) is 0 Å². The monoisotopic (exact) mass is 334 g/mol. The summed E-state index contributed by atoms with van der Waals surface area (Å²) in [7, 11) is 0. The Morgan fingerprint density at radius 2 is 2.17 bits per heavy atom. The molecule has 2 fully saturated rings. The Kier molecular flexibility index (Phi) is 6.04. The van der Waals surface area contributed by atoms with E-state index in [9.17, 15) is 4.79 Å². The van der Waals surface area contributed by atoms with Crippen LogP contribution in [0.5, 0.6) is 5.75 Å². The second-order valence-electron chi connectivity index (χ2n) is 6.52. The number of hydrogen-bond acceptors (Lipinski definition) is 5. The van der Waals surface area contributed by atoms with Gasteiger partial charge in [0, 0.05) is 12.2 Å².